The number of para-hydroxylation sites is 1. The standard InChI is InChI=1S/C20H21N7O2/c1-12(2)26-19-13(10-23-26)8-14(11-22-19)24-20(29)16-9-17(18(21)28)27(25-16)15-6-4-3-5-7-15/h3-8,10-12,17H,9H2,1-2H3,(H2,21,28)(H,24,29)/t17-/m1/s1. The fourth-order valence-electron chi connectivity index (χ4n) is 3.28. The van der Waals surface area contributed by atoms with Crippen molar-refractivity contribution in [3.05, 3.63) is 48.8 Å². The predicted molar refractivity (Wildman–Crippen MR) is 110 cm³/mol. The van der Waals surface area contributed by atoms with Crippen LogP contribution >= 0.6 is 0 Å². The lowest BCUT2D eigenvalue weighted by Crippen LogP contribution is -2.39. The highest BCUT2D eigenvalue weighted by molar-refractivity contribution is 6.44. The minimum Gasteiger partial charge on any atom is -0.368 e. The number of pyridine rings is 1. The number of carbonyl (C=O) groups is 2. The van der Waals surface area contributed by atoms with Crippen LogP contribution in [-0.2, 0) is 9.59 Å². The van der Waals surface area contributed by atoms with E-state index in [0.29, 0.717) is 11.4 Å². The minimum atomic E-state index is -0.706. The van der Waals surface area contributed by atoms with Gasteiger partial charge in [-0.1, -0.05) is 18.2 Å². The number of nitrogens with one attached hydrogen (secondary N) is 1. The fraction of sp³-hybridized carbons (Fsp3) is 0.250. The number of hydrogen-bond acceptors (Lipinski definition) is 6. The van der Waals surface area contributed by atoms with Gasteiger partial charge in [-0.15, -0.1) is 0 Å². The normalized spacial score (nSPS) is 16.3. The summed E-state index contributed by atoms with van der Waals surface area (Å²) < 4.78 is 1.82. The number of fused-ring (bicyclic) bond motifs is 1. The molecular weight excluding hydrogens is 370 g/mol. The average Bonchev–Trinajstić information content (AvgIpc) is 3.33. The number of aromatic nitrogens is 3. The van der Waals surface area contributed by atoms with E-state index < -0.39 is 17.9 Å². The molecule has 148 valence electrons. The van der Waals surface area contributed by atoms with Crippen LogP contribution in [0.5, 0.6) is 0 Å². The monoisotopic (exact) mass is 391 g/mol. The lowest BCUT2D eigenvalue weighted by Gasteiger charge is -2.20. The van der Waals surface area contributed by atoms with Crippen molar-refractivity contribution in [1.82, 2.24) is 14.8 Å². The lowest BCUT2D eigenvalue weighted by molar-refractivity contribution is -0.119. The van der Waals surface area contributed by atoms with Crippen molar-refractivity contribution in [2.75, 3.05) is 10.3 Å². The Labute approximate surface area is 167 Å². The van der Waals surface area contributed by atoms with Gasteiger partial charge in [0.2, 0.25) is 5.91 Å². The fourth-order valence-corrected chi connectivity index (χ4v) is 3.28. The largest absolute Gasteiger partial charge is 0.368 e. The van der Waals surface area contributed by atoms with Crippen molar-refractivity contribution in [2.45, 2.75) is 32.4 Å². The molecule has 1 aromatic carbocycles. The summed E-state index contributed by atoms with van der Waals surface area (Å²) in [6.45, 7) is 4.05. The van der Waals surface area contributed by atoms with Gasteiger partial charge in [-0.3, -0.25) is 14.6 Å². The second kappa shape index (κ2) is 7.34. The summed E-state index contributed by atoms with van der Waals surface area (Å²) in [5, 5.41) is 13.8. The highest BCUT2D eigenvalue weighted by atomic mass is 16.2. The Bertz CT molecular complexity index is 1100. The summed E-state index contributed by atoms with van der Waals surface area (Å²) in [5.74, 6) is -0.934. The molecule has 1 aliphatic heterocycles. The molecule has 3 N–H and O–H groups in total. The Morgan fingerprint density at radius 3 is 2.66 bits per heavy atom. The smallest absolute Gasteiger partial charge is 0.272 e. The van der Waals surface area contributed by atoms with Crippen molar-refractivity contribution >= 4 is 39.9 Å². The average molecular weight is 391 g/mol. The van der Waals surface area contributed by atoms with Crippen molar-refractivity contribution in [1.29, 1.82) is 0 Å². The second-order valence-corrected chi connectivity index (χ2v) is 7.12. The van der Waals surface area contributed by atoms with Crippen LogP contribution in [0.3, 0.4) is 0 Å². The van der Waals surface area contributed by atoms with Gasteiger partial charge in [0, 0.05) is 17.8 Å². The summed E-state index contributed by atoms with van der Waals surface area (Å²) in [4.78, 5) is 29.0. The molecule has 1 atom stereocenters. The maximum absolute atomic E-state index is 12.7. The van der Waals surface area contributed by atoms with Crippen LogP contribution in [0.25, 0.3) is 11.0 Å². The third kappa shape index (κ3) is 3.54. The number of rotatable bonds is 5. The van der Waals surface area contributed by atoms with E-state index in [4.69, 9.17) is 5.73 Å². The van der Waals surface area contributed by atoms with Gasteiger partial charge in [-0.25, -0.2) is 9.67 Å². The molecular formula is C20H21N7O2. The quantitative estimate of drug-likeness (QED) is 0.690. The zero-order valence-corrected chi connectivity index (χ0v) is 16.1. The van der Waals surface area contributed by atoms with Gasteiger partial charge in [0.25, 0.3) is 5.91 Å². The third-order valence-corrected chi connectivity index (χ3v) is 4.70. The molecule has 3 heterocycles. The summed E-state index contributed by atoms with van der Waals surface area (Å²) in [5.41, 5.74) is 7.73. The van der Waals surface area contributed by atoms with E-state index in [1.807, 2.05) is 54.9 Å². The molecule has 0 unspecified atom stereocenters. The molecule has 0 saturated carbocycles. The Balaban J connectivity index is 1.56. The molecule has 2 amide bonds. The van der Waals surface area contributed by atoms with Crippen LogP contribution in [0.1, 0.15) is 26.3 Å². The molecule has 2 aromatic heterocycles. The molecule has 29 heavy (non-hydrogen) atoms. The first kappa shape index (κ1) is 18.6. The van der Waals surface area contributed by atoms with E-state index in [1.165, 1.54) is 5.01 Å². The molecule has 9 nitrogen and oxygen atoms in total. The highest BCUT2D eigenvalue weighted by Crippen LogP contribution is 2.25. The van der Waals surface area contributed by atoms with E-state index in [2.05, 4.69) is 20.5 Å². The van der Waals surface area contributed by atoms with Gasteiger partial charge >= 0.3 is 0 Å². The first-order valence-electron chi connectivity index (χ1n) is 9.29. The Morgan fingerprint density at radius 2 is 1.97 bits per heavy atom. The number of benzene rings is 1. The van der Waals surface area contributed by atoms with Crippen LogP contribution in [0, 0.1) is 0 Å². The predicted octanol–water partition coefficient (Wildman–Crippen LogP) is 2.07. The maximum atomic E-state index is 12.7. The summed E-state index contributed by atoms with van der Waals surface area (Å²) in [6, 6.07) is 10.4. The maximum Gasteiger partial charge on any atom is 0.272 e. The lowest BCUT2D eigenvalue weighted by atomic mass is 10.1. The van der Waals surface area contributed by atoms with Crippen LogP contribution in [0.15, 0.2) is 53.9 Å². The number of amides is 2. The molecule has 0 radical (unpaired) electrons. The molecule has 3 aromatic rings. The zero-order valence-electron chi connectivity index (χ0n) is 16.1. The van der Waals surface area contributed by atoms with Crippen LogP contribution < -0.4 is 16.1 Å². The topological polar surface area (TPSA) is 119 Å². The highest BCUT2D eigenvalue weighted by Gasteiger charge is 2.35. The number of nitrogens with two attached hydrogens (primary N) is 1. The van der Waals surface area contributed by atoms with Crippen molar-refractivity contribution in [2.24, 2.45) is 10.8 Å². The van der Waals surface area contributed by atoms with Gasteiger partial charge < -0.3 is 11.1 Å². The van der Waals surface area contributed by atoms with Gasteiger partial charge in [-0.05, 0) is 32.0 Å². The van der Waals surface area contributed by atoms with E-state index in [1.54, 1.807) is 12.4 Å². The molecule has 0 bridgehead atoms. The molecule has 4 rings (SSSR count). The number of hydrogen-bond donors (Lipinski definition) is 2. The van der Waals surface area contributed by atoms with E-state index >= 15 is 0 Å². The Hall–Kier alpha value is -3.75. The van der Waals surface area contributed by atoms with E-state index in [-0.39, 0.29) is 18.2 Å². The van der Waals surface area contributed by atoms with Gasteiger partial charge in [0.1, 0.15) is 11.8 Å². The summed E-state index contributed by atoms with van der Waals surface area (Å²) >= 11 is 0. The van der Waals surface area contributed by atoms with Crippen molar-refractivity contribution in [3.63, 3.8) is 0 Å². The number of nitrogens with zero attached hydrogens (tertiary/aromatic N) is 5. The van der Waals surface area contributed by atoms with Gasteiger partial charge in [-0.2, -0.15) is 10.2 Å². The van der Waals surface area contributed by atoms with Crippen molar-refractivity contribution in [3.8, 4) is 0 Å². The molecule has 0 aliphatic carbocycles. The Morgan fingerprint density at radius 1 is 1.21 bits per heavy atom. The van der Waals surface area contributed by atoms with Crippen LogP contribution in [0.2, 0.25) is 0 Å². The number of primary amides is 1. The summed E-state index contributed by atoms with van der Waals surface area (Å²) in [7, 11) is 0. The number of hydrazone groups is 1. The van der Waals surface area contributed by atoms with Crippen LogP contribution in [0.4, 0.5) is 11.4 Å². The number of anilines is 2. The molecule has 0 fully saturated rings. The third-order valence-electron chi connectivity index (χ3n) is 4.70. The zero-order chi connectivity index (χ0) is 20.5. The molecule has 0 spiro atoms. The van der Waals surface area contributed by atoms with Gasteiger partial charge in [0.15, 0.2) is 5.65 Å². The molecule has 9 heteroatoms. The Kier molecular flexibility index (Phi) is 4.71. The number of carbonyl (C=O) groups excluding carboxylic acids is 2. The van der Waals surface area contributed by atoms with E-state index in [0.717, 1.165) is 11.0 Å². The first-order chi connectivity index (χ1) is 13.9. The van der Waals surface area contributed by atoms with Crippen LogP contribution in [-0.4, -0.2) is 38.3 Å². The minimum absolute atomic E-state index is 0.136. The van der Waals surface area contributed by atoms with E-state index in [9.17, 15) is 9.59 Å². The van der Waals surface area contributed by atoms with Gasteiger partial charge in [0.05, 0.1) is 23.8 Å². The SMILES string of the molecule is CC(C)n1ncc2cc(NC(=O)C3=NN(c4ccccc4)[C@@H](C(N)=O)C3)cnc21. The van der Waals surface area contributed by atoms with Crippen molar-refractivity contribution < 1.29 is 9.59 Å². The summed E-state index contributed by atoms with van der Waals surface area (Å²) in [6.07, 6.45) is 3.43. The molecule has 1 aliphatic rings. The molecule has 0 saturated heterocycles. The second-order valence-electron chi connectivity index (χ2n) is 7.12. The first-order valence-corrected chi connectivity index (χ1v) is 9.29.